The summed E-state index contributed by atoms with van der Waals surface area (Å²) in [6.07, 6.45) is 0. The zero-order valence-corrected chi connectivity index (χ0v) is 17.7. The Kier molecular flexibility index (Phi) is 4.28. The van der Waals surface area contributed by atoms with Gasteiger partial charge in [-0.25, -0.2) is 9.67 Å². The van der Waals surface area contributed by atoms with E-state index in [1.54, 1.807) is 0 Å². The van der Waals surface area contributed by atoms with Crippen LogP contribution in [0.5, 0.6) is 0 Å². The molecule has 4 heterocycles. The van der Waals surface area contributed by atoms with E-state index in [-0.39, 0.29) is 0 Å². The van der Waals surface area contributed by atoms with Crippen LogP contribution in [-0.4, -0.2) is 29.1 Å². The minimum atomic E-state index is 0.627. The molecule has 0 fully saturated rings. The second-order valence-electron chi connectivity index (χ2n) is 7.83. The third-order valence-corrected chi connectivity index (χ3v) is 5.61. The highest BCUT2D eigenvalue weighted by Gasteiger charge is 2.14. The molecule has 0 saturated carbocycles. The summed E-state index contributed by atoms with van der Waals surface area (Å²) >= 11 is 0. The van der Waals surface area contributed by atoms with E-state index in [0.29, 0.717) is 6.54 Å². The summed E-state index contributed by atoms with van der Waals surface area (Å²) in [5, 5.41) is 8.68. The van der Waals surface area contributed by atoms with Crippen molar-refractivity contribution in [2.75, 3.05) is 0 Å². The predicted octanol–water partition coefficient (Wildman–Crippen LogP) is 4.69. The van der Waals surface area contributed by atoms with Crippen molar-refractivity contribution in [3.63, 3.8) is 0 Å². The number of fused-ring (bicyclic) bond motifs is 1. The van der Waals surface area contributed by atoms with Crippen molar-refractivity contribution in [3.8, 4) is 11.6 Å². The highest BCUT2D eigenvalue weighted by molar-refractivity contribution is 5.73. The number of para-hydroxylation sites is 1. The van der Waals surface area contributed by atoms with Gasteiger partial charge in [-0.1, -0.05) is 17.3 Å². The molecular formula is C24H24N6. The lowest BCUT2D eigenvalue weighted by Gasteiger charge is -2.16. The van der Waals surface area contributed by atoms with Crippen LogP contribution in [0.1, 0.15) is 28.3 Å². The van der Waals surface area contributed by atoms with Gasteiger partial charge in [-0.05, 0) is 81.8 Å². The summed E-state index contributed by atoms with van der Waals surface area (Å²) in [5.74, 6) is 1.83. The van der Waals surface area contributed by atoms with Crippen molar-refractivity contribution in [2.45, 2.75) is 34.2 Å². The van der Waals surface area contributed by atoms with Crippen LogP contribution in [0.4, 0.5) is 0 Å². The van der Waals surface area contributed by atoms with Gasteiger partial charge in [0.2, 0.25) is 0 Å². The van der Waals surface area contributed by atoms with Gasteiger partial charge in [-0.2, -0.15) is 0 Å². The topological polar surface area (TPSA) is 53.5 Å². The lowest BCUT2D eigenvalue weighted by atomic mass is 10.2. The second-order valence-corrected chi connectivity index (χ2v) is 7.83. The summed E-state index contributed by atoms with van der Waals surface area (Å²) in [4.78, 5) is 5.03. The first-order valence-corrected chi connectivity index (χ1v) is 10.1. The molecule has 5 rings (SSSR count). The largest absolute Gasteiger partial charge is 0.303 e. The molecule has 0 atom stereocenters. The van der Waals surface area contributed by atoms with E-state index in [9.17, 15) is 0 Å². The minimum absolute atomic E-state index is 0.627. The molecule has 150 valence electrons. The minimum Gasteiger partial charge on any atom is -0.303 e. The van der Waals surface area contributed by atoms with Gasteiger partial charge in [-0.15, -0.1) is 5.10 Å². The van der Waals surface area contributed by atoms with Gasteiger partial charge in [0.05, 0.1) is 12.1 Å². The van der Waals surface area contributed by atoms with E-state index in [1.807, 2.05) is 22.9 Å². The highest BCUT2D eigenvalue weighted by Crippen LogP contribution is 2.22. The Hall–Kier alpha value is -3.67. The van der Waals surface area contributed by atoms with Crippen molar-refractivity contribution in [1.29, 1.82) is 0 Å². The zero-order chi connectivity index (χ0) is 20.8. The smallest absolute Gasteiger partial charge is 0.139 e. The molecule has 6 heteroatoms. The van der Waals surface area contributed by atoms with E-state index in [1.165, 1.54) is 0 Å². The summed E-state index contributed by atoms with van der Waals surface area (Å²) in [5.41, 5.74) is 7.71. The molecule has 0 aliphatic heterocycles. The first-order chi connectivity index (χ1) is 14.5. The van der Waals surface area contributed by atoms with Gasteiger partial charge in [0.25, 0.3) is 0 Å². The molecule has 4 aromatic heterocycles. The quantitative estimate of drug-likeness (QED) is 0.443. The monoisotopic (exact) mass is 396 g/mol. The van der Waals surface area contributed by atoms with E-state index in [4.69, 9.17) is 4.98 Å². The normalized spacial score (nSPS) is 11.5. The van der Waals surface area contributed by atoms with Gasteiger partial charge in [-0.3, -0.25) is 0 Å². The summed E-state index contributed by atoms with van der Waals surface area (Å²) in [6, 6.07) is 20.8. The van der Waals surface area contributed by atoms with Crippen molar-refractivity contribution in [2.24, 2.45) is 0 Å². The number of rotatable bonds is 4. The van der Waals surface area contributed by atoms with Crippen molar-refractivity contribution >= 4 is 11.0 Å². The van der Waals surface area contributed by atoms with Gasteiger partial charge in [0.1, 0.15) is 17.2 Å². The molecule has 5 aromatic rings. The van der Waals surface area contributed by atoms with Crippen LogP contribution >= 0.6 is 0 Å². The number of nitrogens with zero attached hydrogens (tertiary/aromatic N) is 6. The Morgan fingerprint density at radius 3 is 1.80 bits per heavy atom. The maximum atomic E-state index is 5.03. The average molecular weight is 396 g/mol. The molecule has 0 unspecified atom stereocenters. The SMILES string of the molecule is Cc1ccc(C)n1-c1cc(Cn2nnc3ccccc32)cc(-n2c(C)ccc2C)n1. The maximum Gasteiger partial charge on any atom is 0.139 e. The summed E-state index contributed by atoms with van der Waals surface area (Å²) in [7, 11) is 0. The van der Waals surface area contributed by atoms with Gasteiger partial charge >= 0.3 is 0 Å². The third-order valence-electron chi connectivity index (χ3n) is 5.61. The first-order valence-electron chi connectivity index (χ1n) is 10.1. The van der Waals surface area contributed by atoms with Crippen molar-refractivity contribution in [3.05, 3.63) is 89.0 Å². The van der Waals surface area contributed by atoms with E-state index >= 15 is 0 Å². The molecule has 0 radical (unpaired) electrons. The maximum absolute atomic E-state index is 5.03. The fourth-order valence-corrected chi connectivity index (χ4v) is 4.14. The Labute approximate surface area is 175 Å². The molecule has 0 saturated heterocycles. The van der Waals surface area contributed by atoms with Gasteiger partial charge < -0.3 is 9.13 Å². The molecule has 0 N–H and O–H groups in total. The molecule has 0 aliphatic rings. The Bertz CT molecular complexity index is 1260. The molecule has 0 bridgehead atoms. The Morgan fingerprint density at radius 1 is 0.700 bits per heavy atom. The van der Waals surface area contributed by atoms with Crippen LogP contribution in [0, 0.1) is 27.7 Å². The van der Waals surface area contributed by atoms with Gasteiger partial charge in [0.15, 0.2) is 0 Å². The van der Waals surface area contributed by atoms with E-state index in [2.05, 4.69) is 89.6 Å². The first kappa shape index (κ1) is 18.4. The van der Waals surface area contributed by atoms with Crippen LogP contribution in [0.25, 0.3) is 22.7 Å². The Morgan fingerprint density at radius 2 is 1.23 bits per heavy atom. The lowest BCUT2D eigenvalue weighted by molar-refractivity contribution is 0.667. The molecule has 30 heavy (non-hydrogen) atoms. The number of hydrogen-bond acceptors (Lipinski definition) is 3. The number of hydrogen-bond donors (Lipinski definition) is 0. The fraction of sp³-hybridized carbons (Fsp3) is 0.208. The number of aromatic nitrogens is 6. The molecular weight excluding hydrogens is 372 g/mol. The Balaban J connectivity index is 1.68. The number of aryl methyl sites for hydroxylation is 4. The van der Waals surface area contributed by atoms with Crippen LogP contribution < -0.4 is 0 Å². The molecule has 0 aliphatic carbocycles. The van der Waals surface area contributed by atoms with Crippen LogP contribution in [0.15, 0.2) is 60.7 Å². The predicted molar refractivity (Wildman–Crippen MR) is 118 cm³/mol. The van der Waals surface area contributed by atoms with E-state index < -0.39 is 0 Å². The highest BCUT2D eigenvalue weighted by atomic mass is 15.4. The van der Waals surface area contributed by atoms with Crippen LogP contribution in [0.3, 0.4) is 0 Å². The number of benzene rings is 1. The summed E-state index contributed by atoms with van der Waals surface area (Å²) in [6.45, 7) is 9.06. The van der Waals surface area contributed by atoms with E-state index in [0.717, 1.165) is 51.0 Å². The fourth-order valence-electron chi connectivity index (χ4n) is 4.14. The summed E-state index contributed by atoms with van der Waals surface area (Å²) < 4.78 is 6.34. The molecule has 6 nitrogen and oxygen atoms in total. The average Bonchev–Trinajstić information content (AvgIpc) is 3.39. The second kappa shape index (κ2) is 6.99. The van der Waals surface area contributed by atoms with Gasteiger partial charge in [0, 0.05) is 22.8 Å². The van der Waals surface area contributed by atoms with Crippen molar-refractivity contribution < 1.29 is 0 Å². The molecule has 0 amide bonds. The lowest BCUT2D eigenvalue weighted by Crippen LogP contribution is -2.10. The number of pyridine rings is 1. The molecule has 1 aromatic carbocycles. The third kappa shape index (κ3) is 3.01. The molecule has 0 spiro atoms. The van der Waals surface area contributed by atoms with Crippen LogP contribution in [-0.2, 0) is 6.54 Å². The standard InChI is InChI=1S/C24H24N6/c1-16-9-10-17(2)29(16)23-13-20(14-24(25-23)30-18(3)11-12-19(30)4)15-28-22-8-6-5-7-21(22)26-27-28/h5-14H,15H2,1-4H3. The van der Waals surface area contributed by atoms with Crippen LogP contribution in [0.2, 0.25) is 0 Å². The zero-order valence-electron chi connectivity index (χ0n) is 17.7. The van der Waals surface area contributed by atoms with Crippen molar-refractivity contribution in [1.82, 2.24) is 29.1 Å².